The van der Waals surface area contributed by atoms with E-state index in [-0.39, 0.29) is 12.5 Å². The number of nitrogens with one attached hydrogen (secondary N) is 1. The average Bonchev–Trinajstić information content (AvgIpc) is 2.45. The SMILES string of the molecule is CCCNC(=O)C1COCCN1c1ccc(N)cc1F. The quantitative estimate of drug-likeness (QED) is 0.812. The molecule has 0 bridgehead atoms. The van der Waals surface area contributed by atoms with Crippen molar-refractivity contribution >= 4 is 17.3 Å². The fraction of sp³-hybridized carbons (Fsp3) is 0.500. The Morgan fingerprint density at radius 3 is 3.10 bits per heavy atom. The van der Waals surface area contributed by atoms with Crippen LogP contribution in [-0.4, -0.2) is 38.3 Å². The van der Waals surface area contributed by atoms with E-state index in [2.05, 4.69) is 5.32 Å². The lowest BCUT2D eigenvalue weighted by atomic mass is 10.1. The van der Waals surface area contributed by atoms with E-state index in [1.165, 1.54) is 6.07 Å². The van der Waals surface area contributed by atoms with Crippen LogP contribution in [0.25, 0.3) is 0 Å². The number of rotatable bonds is 4. The number of hydrogen-bond acceptors (Lipinski definition) is 4. The number of carbonyl (C=O) groups excluding carboxylic acids is 1. The van der Waals surface area contributed by atoms with Crippen LogP contribution < -0.4 is 16.0 Å². The molecule has 1 unspecified atom stereocenters. The molecule has 110 valence electrons. The van der Waals surface area contributed by atoms with Crippen molar-refractivity contribution < 1.29 is 13.9 Å². The molecular weight excluding hydrogens is 261 g/mol. The van der Waals surface area contributed by atoms with Crippen LogP contribution >= 0.6 is 0 Å². The first kappa shape index (κ1) is 14.6. The molecule has 0 spiro atoms. The highest BCUT2D eigenvalue weighted by molar-refractivity contribution is 5.85. The molecule has 1 atom stereocenters. The maximum atomic E-state index is 14.0. The van der Waals surface area contributed by atoms with Crippen LogP contribution in [0.15, 0.2) is 18.2 Å². The smallest absolute Gasteiger partial charge is 0.245 e. The zero-order valence-electron chi connectivity index (χ0n) is 11.6. The monoisotopic (exact) mass is 281 g/mol. The highest BCUT2D eigenvalue weighted by Gasteiger charge is 2.30. The van der Waals surface area contributed by atoms with E-state index < -0.39 is 11.9 Å². The van der Waals surface area contributed by atoms with Crippen molar-refractivity contribution in [2.75, 3.05) is 36.9 Å². The minimum absolute atomic E-state index is 0.136. The molecule has 1 aliphatic rings. The number of anilines is 2. The number of ether oxygens (including phenoxy) is 1. The Balaban J connectivity index is 2.19. The van der Waals surface area contributed by atoms with Gasteiger partial charge in [0.05, 0.1) is 18.9 Å². The van der Waals surface area contributed by atoms with E-state index in [4.69, 9.17) is 10.5 Å². The Bertz CT molecular complexity index is 481. The van der Waals surface area contributed by atoms with Crippen LogP contribution in [0.4, 0.5) is 15.8 Å². The molecule has 1 heterocycles. The average molecular weight is 281 g/mol. The van der Waals surface area contributed by atoms with Gasteiger partial charge < -0.3 is 20.7 Å². The Morgan fingerprint density at radius 1 is 1.60 bits per heavy atom. The van der Waals surface area contributed by atoms with Crippen molar-refractivity contribution in [2.45, 2.75) is 19.4 Å². The first-order chi connectivity index (χ1) is 9.63. The standard InChI is InChI=1S/C14H20FN3O2/c1-2-5-17-14(19)13-9-20-7-6-18(13)12-4-3-10(16)8-11(12)15/h3-4,8,13H,2,5-7,9,16H2,1H3,(H,17,19). The summed E-state index contributed by atoms with van der Waals surface area (Å²) in [6.07, 6.45) is 0.857. The van der Waals surface area contributed by atoms with E-state index in [9.17, 15) is 9.18 Å². The van der Waals surface area contributed by atoms with Crippen molar-refractivity contribution in [1.29, 1.82) is 0 Å². The first-order valence-electron chi connectivity index (χ1n) is 6.80. The molecule has 0 saturated carbocycles. The Kier molecular flexibility index (Phi) is 4.79. The number of nitrogens with zero attached hydrogens (tertiary/aromatic N) is 1. The number of hydrogen-bond donors (Lipinski definition) is 2. The van der Waals surface area contributed by atoms with Gasteiger partial charge in [0.25, 0.3) is 0 Å². The summed E-state index contributed by atoms with van der Waals surface area (Å²) in [5, 5.41) is 2.82. The van der Waals surface area contributed by atoms with Crippen LogP contribution in [0.5, 0.6) is 0 Å². The number of nitrogen functional groups attached to an aromatic ring is 1. The molecule has 20 heavy (non-hydrogen) atoms. The zero-order valence-corrected chi connectivity index (χ0v) is 11.6. The number of carbonyl (C=O) groups is 1. The summed E-state index contributed by atoms with van der Waals surface area (Å²) in [4.78, 5) is 13.9. The summed E-state index contributed by atoms with van der Waals surface area (Å²) in [5.41, 5.74) is 6.31. The summed E-state index contributed by atoms with van der Waals surface area (Å²) < 4.78 is 19.4. The van der Waals surface area contributed by atoms with Crippen molar-refractivity contribution in [3.8, 4) is 0 Å². The maximum absolute atomic E-state index is 14.0. The van der Waals surface area contributed by atoms with Gasteiger partial charge in [-0.25, -0.2) is 4.39 Å². The van der Waals surface area contributed by atoms with E-state index in [1.54, 1.807) is 17.0 Å². The molecule has 2 rings (SSSR count). The Hall–Kier alpha value is -1.82. The lowest BCUT2D eigenvalue weighted by Gasteiger charge is -2.36. The Labute approximate surface area is 117 Å². The third-order valence-electron chi connectivity index (χ3n) is 3.26. The first-order valence-corrected chi connectivity index (χ1v) is 6.80. The summed E-state index contributed by atoms with van der Waals surface area (Å²) in [6, 6.07) is 4.00. The molecule has 3 N–H and O–H groups in total. The molecule has 1 saturated heterocycles. The fourth-order valence-corrected chi connectivity index (χ4v) is 2.23. The number of amides is 1. The second-order valence-corrected chi connectivity index (χ2v) is 4.79. The molecule has 1 amide bonds. The number of morpholine rings is 1. The predicted octanol–water partition coefficient (Wildman–Crippen LogP) is 1.14. The fourth-order valence-electron chi connectivity index (χ4n) is 2.23. The van der Waals surface area contributed by atoms with Crippen LogP contribution in [0.2, 0.25) is 0 Å². The summed E-state index contributed by atoms with van der Waals surface area (Å²) in [5.74, 6) is -0.553. The van der Waals surface area contributed by atoms with Gasteiger partial charge in [-0.2, -0.15) is 0 Å². The van der Waals surface area contributed by atoms with E-state index >= 15 is 0 Å². The summed E-state index contributed by atoms with van der Waals surface area (Å²) >= 11 is 0. The highest BCUT2D eigenvalue weighted by atomic mass is 19.1. The minimum atomic E-state index is -0.506. The summed E-state index contributed by atoms with van der Waals surface area (Å²) in [7, 11) is 0. The van der Waals surface area contributed by atoms with Crippen molar-refractivity contribution in [3.05, 3.63) is 24.0 Å². The predicted molar refractivity (Wildman–Crippen MR) is 76.1 cm³/mol. The van der Waals surface area contributed by atoms with Crippen LogP contribution in [0.3, 0.4) is 0 Å². The zero-order chi connectivity index (χ0) is 14.5. The van der Waals surface area contributed by atoms with Gasteiger partial charge in [-0.05, 0) is 24.6 Å². The Morgan fingerprint density at radius 2 is 2.40 bits per heavy atom. The van der Waals surface area contributed by atoms with Crippen molar-refractivity contribution in [1.82, 2.24) is 5.32 Å². The van der Waals surface area contributed by atoms with E-state index in [0.29, 0.717) is 31.1 Å². The van der Waals surface area contributed by atoms with Gasteiger partial charge in [0, 0.05) is 18.8 Å². The van der Waals surface area contributed by atoms with Crippen LogP contribution in [0.1, 0.15) is 13.3 Å². The molecule has 1 aromatic carbocycles. The highest BCUT2D eigenvalue weighted by Crippen LogP contribution is 2.25. The molecule has 0 radical (unpaired) electrons. The molecule has 1 fully saturated rings. The van der Waals surface area contributed by atoms with E-state index in [1.807, 2.05) is 6.92 Å². The second kappa shape index (κ2) is 6.56. The largest absolute Gasteiger partial charge is 0.399 e. The third kappa shape index (κ3) is 3.19. The minimum Gasteiger partial charge on any atom is -0.399 e. The number of nitrogens with two attached hydrogens (primary N) is 1. The van der Waals surface area contributed by atoms with Crippen LogP contribution in [0, 0.1) is 5.82 Å². The van der Waals surface area contributed by atoms with Crippen LogP contribution in [-0.2, 0) is 9.53 Å². The molecular formula is C14H20FN3O2. The molecule has 0 aromatic heterocycles. The third-order valence-corrected chi connectivity index (χ3v) is 3.26. The van der Waals surface area contributed by atoms with Gasteiger partial charge in [0.15, 0.2) is 0 Å². The number of halogens is 1. The topological polar surface area (TPSA) is 67.6 Å². The van der Waals surface area contributed by atoms with Gasteiger partial charge in [-0.3, -0.25) is 4.79 Å². The molecule has 1 aromatic rings. The maximum Gasteiger partial charge on any atom is 0.245 e. The molecule has 0 aliphatic carbocycles. The lowest BCUT2D eigenvalue weighted by molar-refractivity contribution is -0.124. The van der Waals surface area contributed by atoms with E-state index in [0.717, 1.165) is 6.42 Å². The molecule has 5 nitrogen and oxygen atoms in total. The lowest BCUT2D eigenvalue weighted by Crippen LogP contribution is -2.54. The van der Waals surface area contributed by atoms with Crippen molar-refractivity contribution in [3.63, 3.8) is 0 Å². The normalized spacial score (nSPS) is 18.9. The van der Waals surface area contributed by atoms with Gasteiger partial charge in [0.2, 0.25) is 5.91 Å². The van der Waals surface area contributed by atoms with Gasteiger partial charge in [-0.1, -0.05) is 6.92 Å². The second-order valence-electron chi connectivity index (χ2n) is 4.79. The van der Waals surface area contributed by atoms with Gasteiger partial charge >= 0.3 is 0 Å². The number of benzene rings is 1. The van der Waals surface area contributed by atoms with Gasteiger partial charge in [0.1, 0.15) is 11.9 Å². The van der Waals surface area contributed by atoms with Crippen molar-refractivity contribution in [2.24, 2.45) is 0 Å². The molecule has 1 aliphatic heterocycles. The summed E-state index contributed by atoms with van der Waals surface area (Å²) in [6.45, 7) is 3.80. The molecule has 6 heteroatoms. The van der Waals surface area contributed by atoms with Gasteiger partial charge in [-0.15, -0.1) is 0 Å².